The molecular weight excluding hydrogens is 478 g/mol. The number of amides is 3. The fraction of sp³-hybridized carbons (Fsp3) is 0.516. The number of rotatable bonds is 9. The molecule has 2 aromatic carbocycles. The van der Waals surface area contributed by atoms with Crippen molar-refractivity contribution in [1.29, 1.82) is 0 Å². The molecule has 1 saturated carbocycles. The third-order valence-corrected chi connectivity index (χ3v) is 6.84. The van der Waals surface area contributed by atoms with Crippen molar-refractivity contribution in [3.05, 3.63) is 64.7 Å². The van der Waals surface area contributed by atoms with Gasteiger partial charge in [0.2, 0.25) is 5.91 Å². The Hall–Kier alpha value is -3.35. The molecule has 3 rings (SSSR count). The fourth-order valence-corrected chi connectivity index (χ4v) is 4.67. The molecule has 7 nitrogen and oxygen atoms in total. The van der Waals surface area contributed by atoms with Gasteiger partial charge in [-0.05, 0) is 77.5 Å². The van der Waals surface area contributed by atoms with E-state index in [0.717, 1.165) is 35.1 Å². The lowest BCUT2D eigenvalue weighted by molar-refractivity contribution is -0.142. The summed E-state index contributed by atoms with van der Waals surface area (Å²) in [5.74, 6) is -0.697. The number of hydrogen-bond acceptors (Lipinski definition) is 4. The zero-order chi connectivity index (χ0) is 28.2. The summed E-state index contributed by atoms with van der Waals surface area (Å²) in [6.45, 7) is 15.2. The van der Waals surface area contributed by atoms with E-state index in [4.69, 9.17) is 4.74 Å². The number of nitrogens with zero attached hydrogens (tertiary/aromatic N) is 1. The van der Waals surface area contributed by atoms with Crippen molar-refractivity contribution in [3.63, 3.8) is 0 Å². The van der Waals surface area contributed by atoms with E-state index < -0.39 is 23.8 Å². The first-order chi connectivity index (χ1) is 17.8. The monoisotopic (exact) mass is 521 g/mol. The van der Waals surface area contributed by atoms with Crippen LogP contribution in [0, 0.1) is 26.7 Å². The summed E-state index contributed by atoms with van der Waals surface area (Å²) >= 11 is 0. The second-order valence-corrected chi connectivity index (χ2v) is 11.6. The summed E-state index contributed by atoms with van der Waals surface area (Å²) in [5, 5.41) is 5.90. The van der Waals surface area contributed by atoms with Crippen LogP contribution in [-0.4, -0.2) is 40.5 Å². The largest absolute Gasteiger partial charge is 0.444 e. The highest BCUT2D eigenvalue weighted by Crippen LogP contribution is 2.37. The van der Waals surface area contributed by atoms with Gasteiger partial charge in [-0.3, -0.25) is 9.59 Å². The van der Waals surface area contributed by atoms with Gasteiger partial charge in [-0.15, -0.1) is 0 Å². The Morgan fingerprint density at radius 3 is 2.16 bits per heavy atom. The Morgan fingerprint density at radius 2 is 1.63 bits per heavy atom. The summed E-state index contributed by atoms with van der Waals surface area (Å²) in [4.78, 5) is 42.8. The number of nitrogens with one attached hydrogen (secondary N) is 2. The van der Waals surface area contributed by atoms with Gasteiger partial charge in [-0.25, -0.2) is 4.79 Å². The van der Waals surface area contributed by atoms with Gasteiger partial charge in [0.1, 0.15) is 17.7 Å². The predicted octanol–water partition coefficient (Wildman–Crippen LogP) is 6.22. The molecule has 0 spiro atoms. The maximum Gasteiger partial charge on any atom is 0.408 e. The molecule has 1 fully saturated rings. The van der Waals surface area contributed by atoms with E-state index >= 15 is 0 Å². The van der Waals surface area contributed by atoms with Gasteiger partial charge in [0.05, 0.1) is 0 Å². The normalized spacial score (nSPS) is 15.7. The average molecular weight is 522 g/mol. The minimum Gasteiger partial charge on any atom is -0.444 e. The van der Waals surface area contributed by atoms with Crippen molar-refractivity contribution >= 4 is 23.6 Å². The number of hydrogen-bond donors (Lipinski definition) is 2. The first kappa shape index (κ1) is 29.2. The molecule has 2 aromatic rings. The third-order valence-electron chi connectivity index (χ3n) is 6.84. The highest BCUT2D eigenvalue weighted by molar-refractivity contribution is 5.99. The molecule has 206 valence electrons. The molecule has 3 amide bonds. The van der Waals surface area contributed by atoms with Gasteiger partial charge in [0, 0.05) is 11.7 Å². The Balaban J connectivity index is 2.05. The van der Waals surface area contributed by atoms with Crippen LogP contribution in [0.5, 0.6) is 0 Å². The number of benzene rings is 2. The van der Waals surface area contributed by atoms with Crippen LogP contribution in [0.2, 0.25) is 0 Å². The molecule has 0 heterocycles. The summed E-state index contributed by atoms with van der Waals surface area (Å²) in [5.41, 5.74) is 3.74. The van der Waals surface area contributed by atoms with Crippen LogP contribution in [0.15, 0.2) is 42.5 Å². The van der Waals surface area contributed by atoms with Gasteiger partial charge in [-0.1, -0.05) is 67.8 Å². The topological polar surface area (TPSA) is 87.7 Å². The lowest BCUT2D eigenvalue weighted by atomic mass is 9.94. The quantitative estimate of drug-likeness (QED) is 0.410. The van der Waals surface area contributed by atoms with Crippen molar-refractivity contribution in [1.82, 2.24) is 10.2 Å². The van der Waals surface area contributed by atoms with Gasteiger partial charge < -0.3 is 20.3 Å². The van der Waals surface area contributed by atoms with Crippen LogP contribution in [0.1, 0.15) is 82.2 Å². The smallest absolute Gasteiger partial charge is 0.408 e. The van der Waals surface area contributed by atoms with Gasteiger partial charge in [0.15, 0.2) is 0 Å². The Morgan fingerprint density at radius 1 is 1.03 bits per heavy atom. The molecular formula is C31H43N3O4. The number of anilines is 1. The first-order valence-corrected chi connectivity index (χ1v) is 13.6. The van der Waals surface area contributed by atoms with Crippen LogP contribution in [0.4, 0.5) is 10.5 Å². The van der Waals surface area contributed by atoms with Crippen molar-refractivity contribution in [2.75, 3.05) is 5.32 Å². The maximum absolute atomic E-state index is 14.3. The van der Waals surface area contributed by atoms with Crippen LogP contribution in [-0.2, 0) is 14.3 Å². The number of para-hydroxylation sites is 1. The molecule has 38 heavy (non-hydrogen) atoms. The molecule has 3 unspecified atom stereocenters. The SMILES string of the molecule is CCC(C)C(NC(=O)OC(C)(C)C)C(=O)N(C1CC1)C(C(=O)Nc1ccccc1C)c1cc(C)cc(C)c1. The molecule has 3 atom stereocenters. The van der Waals surface area contributed by atoms with E-state index in [-0.39, 0.29) is 23.8 Å². The Labute approximate surface area is 227 Å². The van der Waals surface area contributed by atoms with Crippen molar-refractivity contribution in [2.24, 2.45) is 5.92 Å². The second kappa shape index (κ2) is 12.0. The van der Waals surface area contributed by atoms with E-state index in [9.17, 15) is 14.4 Å². The average Bonchev–Trinajstić information content (AvgIpc) is 3.64. The number of ether oxygens (including phenoxy) is 1. The Bertz CT molecular complexity index is 1150. The van der Waals surface area contributed by atoms with Crippen molar-refractivity contribution < 1.29 is 19.1 Å². The summed E-state index contributed by atoms with van der Waals surface area (Å²) < 4.78 is 5.49. The standard InChI is InChI=1S/C31H43N3O4/c1-9-21(4)26(33-30(37)38-31(6,7)8)29(36)34(24-14-15-24)27(23-17-19(2)16-20(3)18-23)28(35)32-25-13-11-10-12-22(25)5/h10-13,16-18,21,24,26-27H,9,14-15H2,1-8H3,(H,32,35)(H,33,37). The van der Waals surface area contributed by atoms with Crippen LogP contribution >= 0.6 is 0 Å². The first-order valence-electron chi connectivity index (χ1n) is 13.6. The van der Waals surface area contributed by atoms with Crippen LogP contribution in [0.3, 0.4) is 0 Å². The maximum atomic E-state index is 14.3. The van der Waals surface area contributed by atoms with Gasteiger partial charge in [0.25, 0.3) is 5.91 Å². The molecule has 0 bridgehead atoms. The molecule has 1 aliphatic carbocycles. The molecule has 2 N–H and O–H groups in total. The highest BCUT2D eigenvalue weighted by atomic mass is 16.6. The minimum absolute atomic E-state index is 0.0806. The number of carbonyl (C=O) groups is 3. The molecule has 0 radical (unpaired) electrons. The molecule has 0 saturated heterocycles. The number of aryl methyl sites for hydroxylation is 3. The van der Waals surface area contributed by atoms with E-state index in [2.05, 4.69) is 16.7 Å². The zero-order valence-electron chi connectivity index (χ0n) is 24.1. The summed E-state index contributed by atoms with van der Waals surface area (Å²) in [6, 6.07) is 11.8. The van der Waals surface area contributed by atoms with E-state index in [1.54, 1.807) is 25.7 Å². The second-order valence-electron chi connectivity index (χ2n) is 11.6. The van der Waals surface area contributed by atoms with Crippen molar-refractivity contribution in [2.45, 2.75) is 98.4 Å². The minimum atomic E-state index is -0.847. The summed E-state index contributed by atoms with van der Waals surface area (Å²) in [7, 11) is 0. The van der Waals surface area contributed by atoms with E-state index in [0.29, 0.717) is 12.1 Å². The number of alkyl carbamates (subject to hydrolysis) is 1. The summed E-state index contributed by atoms with van der Waals surface area (Å²) in [6.07, 6.45) is 1.66. The van der Waals surface area contributed by atoms with E-state index in [1.807, 2.05) is 71.0 Å². The lowest BCUT2D eigenvalue weighted by Gasteiger charge is -2.36. The van der Waals surface area contributed by atoms with Crippen molar-refractivity contribution in [3.8, 4) is 0 Å². The zero-order valence-corrected chi connectivity index (χ0v) is 24.1. The lowest BCUT2D eigenvalue weighted by Crippen LogP contribution is -2.55. The predicted molar refractivity (Wildman–Crippen MR) is 151 cm³/mol. The van der Waals surface area contributed by atoms with Gasteiger partial charge >= 0.3 is 6.09 Å². The van der Waals surface area contributed by atoms with E-state index in [1.165, 1.54) is 0 Å². The molecule has 1 aliphatic rings. The van der Waals surface area contributed by atoms with Gasteiger partial charge in [-0.2, -0.15) is 0 Å². The fourth-order valence-electron chi connectivity index (χ4n) is 4.67. The third kappa shape index (κ3) is 7.59. The molecule has 0 aromatic heterocycles. The number of carbonyl (C=O) groups excluding carboxylic acids is 3. The molecule has 7 heteroatoms. The Kier molecular flexibility index (Phi) is 9.23. The molecule has 0 aliphatic heterocycles. The van der Waals surface area contributed by atoms with Crippen LogP contribution < -0.4 is 10.6 Å². The highest BCUT2D eigenvalue weighted by Gasteiger charge is 2.45. The van der Waals surface area contributed by atoms with Crippen LogP contribution in [0.25, 0.3) is 0 Å².